The van der Waals surface area contributed by atoms with Gasteiger partial charge in [-0.25, -0.2) is 0 Å². The molecule has 0 saturated carbocycles. The van der Waals surface area contributed by atoms with E-state index in [2.05, 4.69) is 279 Å². The average molecular weight is 1370 g/mol. The number of para-hydroxylation sites is 2. The summed E-state index contributed by atoms with van der Waals surface area (Å²) < 4.78 is 32.6. The van der Waals surface area contributed by atoms with Crippen LogP contribution in [0.1, 0.15) is 0 Å². The highest BCUT2D eigenvalue weighted by Crippen LogP contribution is 2.48. The van der Waals surface area contributed by atoms with E-state index in [1.807, 2.05) is 42.5 Å². The Morgan fingerprint density at radius 3 is 0.896 bits per heavy atom. The van der Waals surface area contributed by atoms with E-state index >= 15 is 9.59 Å². The van der Waals surface area contributed by atoms with Gasteiger partial charge in [-0.2, -0.15) is 0 Å². The molecule has 0 spiro atoms. The van der Waals surface area contributed by atoms with Gasteiger partial charge >= 0.3 is 0 Å². The molecule has 0 N–H and O–H groups in total. The van der Waals surface area contributed by atoms with Crippen molar-refractivity contribution in [3.8, 4) is 90.3 Å². The summed E-state index contributed by atoms with van der Waals surface area (Å²) in [5.74, 6) is 2.82. The second kappa shape index (κ2) is 23.3. The summed E-state index contributed by atoms with van der Waals surface area (Å²) in [4.78, 5) is 32.7. The summed E-state index contributed by atoms with van der Waals surface area (Å²) in [6, 6.07) is 107. The second-order valence-corrected chi connectivity index (χ2v) is 27.6. The molecule has 0 fully saturated rings. The van der Waals surface area contributed by atoms with E-state index in [-0.39, 0.29) is 10.9 Å². The van der Waals surface area contributed by atoms with Crippen LogP contribution in [0.25, 0.3) is 198 Å². The van der Waals surface area contributed by atoms with E-state index in [9.17, 15) is 0 Å². The summed E-state index contributed by atoms with van der Waals surface area (Å²) in [5, 5.41) is 13.2. The molecule has 0 atom stereocenters. The summed E-state index contributed by atoms with van der Waals surface area (Å²) in [5.41, 5.74) is 19.5. The largest absolute Gasteiger partial charge is 0.497 e. The van der Waals surface area contributed by atoms with Crippen molar-refractivity contribution in [3.05, 3.63) is 324 Å². The van der Waals surface area contributed by atoms with E-state index in [1.54, 1.807) is 28.4 Å². The van der Waals surface area contributed by atoms with Gasteiger partial charge in [0.2, 0.25) is 0 Å². The maximum absolute atomic E-state index is 16.5. The first-order valence-electron chi connectivity index (χ1n) is 35.6. The zero-order chi connectivity index (χ0) is 70.7. The molecular formula is C96H62N4O6. The van der Waals surface area contributed by atoms with Crippen molar-refractivity contribution in [2.24, 2.45) is 0 Å². The van der Waals surface area contributed by atoms with Gasteiger partial charge in [0.1, 0.15) is 23.0 Å². The third kappa shape index (κ3) is 8.91. The van der Waals surface area contributed by atoms with Gasteiger partial charge < -0.3 is 37.2 Å². The van der Waals surface area contributed by atoms with Gasteiger partial charge in [-0.1, -0.05) is 121 Å². The standard InChI is InChI=1S/C96H62N4O6/c1-103-63-29-37-87-75(47-63)76-48-64(104-2)30-38-88(76)99(87)91-41-42-92(100-89-39-31-65(105-3)49-77(89)78-50-66(106-4)32-40-90(78)100)94-93(91)79-53-70-69-51-67(59-27-35-85-73(45-59)71-43-57(55-17-9-5-10-18-55)25-33-83(71)97(85)61-21-13-7-14-22-61)68(52-80(69)95(101)81(70)54-82(79)96(94)102)60-28-36-86-74(46-60)72-44-58(56-19-11-6-12-20-56)26-34-84(72)98(86)62-23-15-8-16-24-62/h5-54H,1-4H3. The van der Waals surface area contributed by atoms with Crippen LogP contribution in [0.2, 0.25) is 0 Å². The maximum Gasteiger partial charge on any atom is 0.196 e. The lowest BCUT2D eigenvalue weighted by Crippen LogP contribution is -2.04. The molecule has 0 unspecified atom stereocenters. The highest BCUT2D eigenvalue weighted by Gasteiger charge is 2.28. The van der Waals surface area contributed by atoms with Gasteiger partial charge in [0.25, 0.3) is 0 Å². The molecule has 10 heteroatoms. The normalized spacial score (nSPS) is 12.0. The van der Waals surface area contributed by atoms with Crippen molar-refractivity contribution in [3.63, 3.8) is 0 Å². The highest BCUT2D eigenvalue weighted by atomic mass is 16.5. The molecule has 0 saturated heterocycles. The highest BCUT2D eigenvalue weighted by molar-refractivity contribution is 6.27. The number of nitrogens with zero attached hydrogens (tertiary/aromatic N) is 4. The minimum Gasteiger partial charge on any atom is -0.497 e. The molecule has 0 aliphatic rings. The quantitative estimate of drug-likeness (QED) is 0.121. The zero-order valence-corrected chi connectivity index (χ0v) is 58.1. The van der Waals surface area contributed by atoms with E-state index in [4.69, 9.17) is 18.9 Å². The number of rotatable bonds is 12. The number of hydrogen-bond donors (Lipinski definition) is 0. The van der Waals surface area contributed by atoms with Crippen LogP contribution in [0.4, 0.5) is 0 Å². The van der Waals surface area contributed by atoms with Crippen molar-refractivity contribution in [1.29, 1.82) is 0 Å². The fraction of sp³-hybridized carbons (Fsp3) is 0.0417. The second-order valence-electron chi connectivity index (χ2n) is 27.6. The van der Waals surface area contributed by atoms with Crippen LogP contribution >= 0.6 is 0 Å². The number of hydrogen-bond acceptors (Lipinski definition) is 6. The minimum absolute atomic E-state index is 0.149. The topological polar surface area (TPSA) is 90.8 Å². The van der Waals surface area contributed by atoms with Crippen LogP contribution in [0, 0.1) is 0 Å². The predicted molar refractivity (Wildman–Crippen MR) is 437 cm³/mol. The molecule has 21 aromatic rings. The SMILES string of the molecule is COc1ccc2c(c1)c1cc(OC)ccc1n2-c1ccc(-n2c3ccc(OC)cc3c3cc(OC)ccc32)c2c1c(=O)c1cc3c(=O)c4cc(-c5ccc6c(c5)c5cc(-c7ccccc7)ccc5n6-c5ccccc5)c(-c5ccc6c(c5)c5cc(-c7ccccc7)ccc5n6-c5ccccc5)cc4c3cc12. The molecule has 10 nitrogen and oxygen atoms in total. The molecule has 0 bridgehead atoms. The fourth-order valence-corrected chi connectivity index (χ4v) is 17.3. The molecule has 0 radical (unpaired) electrons. The molecular weight excluding hydrogens is 1310 g/mol. The van der Waals surface area contributed by atoms with E-state index < -0.39 is 0 Å². The van der Waals surface area contributed by atoms with Crippen molar-refractivity contribution < 1.29 is 18.9 Å². The Labute approximate surface area is 606 Å². The van der Waals surface area contributed by atoms with Gasteiger partial charge in [0, 0.05) is 76.0 Å². The van der Waals surface area contributed by atoms with Gasteiger partial charge in [-0.15, -0.1) is 0 Å². The van der Waals surface area contributed by atoms with Gasteiger partial charge in [-0.05, 0) is 243 Å². The van der Waals surface area contributed by atoms with Crippen LogP contribution < -0.4 is 29.8 Å². The summed E-state index contributed by atoms with van der Waals surface area (Å²) in [6.45, 7) is 0. The number of fused-ring (bicyclic) bond motifs is 18. The molecule has 106 heavy (non-hydrogen) atoms. The Hall–Kier alpha value is -14.0. The lowest BCUT2D eigenvalue weighted by molar-refractivity contribution is 0.415. The number of methoxy groups -OCH3 is 4. The van der Waals surface area contributed by atoms with Crippen LogP contribution in [-0.4, -0.2) is 46.7 Å². The monoisotopic (exact) mass is 1370 g/mol. The van der Waals surface area contributed by atoms with E-state index in [0.29, 0.717) is 50.2 Å². The Bertz CT molecular complexity index is 7280. The van der Waals surface area contributed by atoms with Crippen LogP contribution in [0.15, 0.2) is 313 Å². The first kappa shape index (κ1) is 60.8. The summed E-state index contributed by atoms with van der Waals surface area (Å²) in [6.07, 6.45) is 0. The predicted octanol–water partition coefficient (Wildman–Crippen LogP) is 23.0. The minimum atomic E-state index is -0.187. The number of benzene rings is 15. The fourth-order valence-electron chi connectivity index (χ4n) is 17.3. The lowest BCUT2D eigenvalue weighted by Gasteiger charge is -2.15. The molecule has 4 heterocycles. The maximum atomic E-state index is 16.5. The third-order valence-electron chi connectivity index (χ3n) is 22.2. The third-order valence-corrected chi connectivity index (χ3v) is 22.2. The molecule has 0 aliphatic carbocycles. The number of aromatic nitrogens is 4. The van der Waals surface area contributed by atoms with Gasteiger partial charge in [-0.3, -0.25) is 9.59 Å². The number of ether oxygens (including phenoxy) is 4. The molecule has 4 aromatic heterocycles. The van der Waals surface area contributed by atoms with Gasteiger partial charge in [0.05, 0.1) is 89.3 Å². The molecule has 0 aliphatic heterocycles. The average Bonchev–Trinajstić information content (AvgIpc) is 1.53. The zero-order valence-electron chi connectivity index (χ0n) is 58.1. The van der Waals surface area contributed by atoms with Crippen LogP contribution in [0.3, 0.4) is 0 Å². The molecule has 21 rings (SSSR count). The van der Waals surface area contributed by atoms with Crippen molar-refractivity contribution in [2.75, 3.05) is 28.4 Å². The Kier molecular flexibility index (Phi) is 13.3. The van der Waals surface area contributed by atoms with Crippen LogP contribution in [0.5, 0.6) is 23.0 Å². The van der Waals surface area contributed by atoms with Crippen molar-refractivity contribution in [1.82, 2.24) is 18.3 Å². The lowest BCUT2D eigenvalue weighted by atomic mass is 9.90. The van der Waals surface area contributed by atoms with E-state index in [0.717, 1.165) is 170 Å². The van der Waals surface area contributed by atoms with E-state index in [1.165, 1.54) is 0 Å². The Morgan fingerprint density at radius 2 is 0.500 bits per heavy atom. The molecule has 17 aromatic carbocycles. The Balaban J connectivity index is 0.873. The van der Waals surface area contributed by atoms with Crippen LogP contribution in [-0.2, 0) is 0 Å². The van der Waals surface area contributed by atoms with Crippen molar-refractivity contribution in [2.45, 2.75) is 0 Å². The van der Waals surface area contributed by atoms with Gasteiger partial charge in [0.15, 0.2) is 10.9 Å². The first-order valence-corrected chi connectivity index (χ1v) is 35.6. The Morgan fingerprint density at radius 1 is 0.208 bits per heavy atom. The summed E-state index contributed by atoms with van der Waals surface area (Å²) >= 11 is 0. The molecule has 502 valence electrons. The molecule has 0 amide bonds. The first-order chi connectivity index (χ1) is 52.2. The smallest absolute Gasteiger partial charge is 0.196 e. The summed E-state index contributed by atoms with van der Waals surface area (Å²) in [7, 11) is 6.70. The van der Waals surface area contributed by atoms with Crippen molar-refractivity contribution >= 4 is 130 Å².